The molecular weight excluding hydrogens is 212 g/mol. The molecule has 8 heteroatoms. The van der Waals surface area contributed by atoms with E-state index in [0.717, 1.165) is 0 Å². The molecule has 7 nitrogen and oxygen atoms in total. The van der Waals surface area contributed by atoms with Crippen LogP contribution in [0, 0.1) is 0 Å². The number of carboxylic acid groups (broad SMARTS) is 1. The number of primary amides is 1. The molecule has 2 amide bonds. The Labute approximate surface area is 85.6 Å². The lowest BCUT2D eigenvalue weighted by molar-refractivity contribution is -0.134. The summed E-state index contributed by atoms with van der Waals surface area (Å²) in [6.45, 7) is 0. The molecule has 0 saturated heterocycles. The highest BCUT2D eigenvalue weighted by atomic mass is 32.1. The van der Waals surface area contributed by atoms with Crippen LogP contribution in [0.4, 0.5) is 0 Å². The lowest BCUT2D eigenvalue weighted by Gasteiger charge is -1.92. The van der Waals surface area contributed by atoms with Gasteiger partial charge in [-0.05, 0) is 0 Å². The molecule has 0 saturated carbocycles. The van der Waals surface area contributed by atoms with Crippen molar-refractivity contribution in [3.63, 3.8) is 0 Å². The molecule has 0 aliphatic heterocycles. The summed E-state index contributed by atoms with van der Waals surface area (Å²) in [7, 11) is 0. The van der Waals surface area contributed by atoms with Crippen LogP contribution in [-0.2, 0) is 14.4 Å². The summed E-state index contributed by atoms with van der Waals surface area (Å²) in [5.74, 6) is -2.12. The largest absolute Gasteiger partial charge is 0.481 e. The molecule has 5 N–H and O–H groups in total. The van der Waals surface area contributed by atoms with Crippen LogP contribution in [0.5, 0.6) is 0 Å². The number of aliphatic carboxylic acids is 1. The number of carbonyl (C=O) groups excluding carboxylic acids is 2. The Morgan fingerprint density at radius 1 is 1.29 bits per heavy atom. The molecule has 0 spiro atoms. The van der Waals surface area contributed by atoms with Crippen molar-refractivity contribution in [3.8, 4) is 0 Å². The molecule has 0 heterocycles. The fourth-order valence-electron chi connectivity index (χ4n) is 0.293. The zero-order valence-corrected chi connectivity index (χ0v) is 8.16. The zero-order chi connectivity index (χ0) is 11.6. The first-order valence-electron chi connectivity index (χ1n) is 3.48. The van der Waals surface area contributed by atoms with E-state index in [9.17, 15) is 14.4 Å². The lowest BCUT2D eigenvalue weighted by atomic mass is 10.3. The second kappa shape index (κ2) is 9.81. The molecule has 0 aromatic carbocycles. The minimum atomic E-state index is -0.881. The highest BCUT2D eigenvalue weighted by Crippen LogP contribution is 1.84. The van der Waals surface area contributed by atoms with Gasteiger partial charge in [-0.25, -0.2) is 5.48 Å². The van der Waals surface area contributed by atoms with Crippen molar-refractivity contribution in [2.45, 2.75) is 12.8 Å². The number of rotatable bonds is 4. The molecule has 0 fully saturated rings. The van der Waals surface area contributed by atoms with Gasteiger partial charge in [-0.2, -0.15) is 12.6 Å². The molecule has 0 aromatic rings. The second-order valence-corrected chi connectivity index (χ2v) is 2.37. The number of carboxylic acids is 1. The molecule has 0 unspecified atom stereocenters. The quantitative estimate of drug-likeness (QED) is 0.231. The van der Waals surface area contributed by atoms with Gasteiger partial charge in [-0.15, -0.1) is 0 Å². The third kappa shape index (κ3) is 17.0. The van der Waals surface area contributed by atoms with E-state index in [1.807, 2.05) is 0 Å². The topological polar surface area (TPSA) is 130 Å². The minimum Gasteiger partial charge on any atom is -0.481 e. The fourth-order valence-corrected chi connectivity index (χ4v) is 0.293. The van der Waals surface area contributed by atoms with Crippen molar-refractivity contribution in [2.75, 3.05) is 5.75 Å². The molecule has 0 aromatic heterocycles. The predicted molar refractivity (Wildman–Crippen MR) is 49.8 cm³/mol. The van der Waals surface area contributed by atoms with E-state index < -0.39 is 17.8 Å². The van der Waals surface area contributed by atoms with E-state index in [2.05, 4.69) is 12.6 Å². The van der Waals surface area contributed by atoms with Crippen LogP contribution in [0.1, 0.15) is 12.8 Å². The predicted octanol–water partition coefficient (Wildman–Crippen LogP) is -1.24. The number of nitrogens with one attached hydrogen (secondary N) is 1. The Morgan fingerprint density at radius 3 is 1.93 bits per heavy atom. The Balaban J connectivity index is 0. The number of carbonyl (C=O) groups is 3. The fraction of sp³-hybridized carbons (Fsp3) is 0.500. The SMILES string of the molecule is NC(=O)CCC(=O)NO.O=C(O)CS. The van der Waals surface area contributed by atoms with Gasteiger partial charge in [0.15, 0.2) is 0 Å². The third-order valence-electron chi connectivity index (χ3n) is 0.858. The molecule has 0 atom stereocenters. The van der Waals surface area contributed by atoms with Gasteiger partial charge in [0.05, 0.1) is 5.75 Å². The summed E-state index contributed by atoms with van der Waals surface area (Å²) >= 11 is 3.42. The molecule has 0 aliphatic rings. The van der Waals surface area contributed by atoms with Crippen molar-refractivity contribution >= 4 is 30.4 Å². The van der Waals surface area contributed by atoms with Gasteiger partial charge in [0.25, 0.3) is 0 Å². The number of thiol groups is 1. The van der Waals surface area contributed by atoms with Gasteiger partial charge in [-0.1, -0.05) is 0 Å². The Kier molecular flexibility index (Phi) is 10.6. The average Bonchev–Trinajstić information content (AvgIpc) is 2.14. The van der Waals surface area contributed by atoms with E-state index in [0.29, 0.717) is 0 Å². The maximum absolute atomic E-state index is 10.1. The molecule has 82 valence electrons. The minimum absolute atomic E-state index is 0.0353. The van der Waals surface area contributed by atoms with Gasteiger partial charge >= 0.3 is 5.97 Å². The van der Waals surface area contributed by atoms with E-state index >= 15 is 0 Å². The second-order valence-electron chi connectivity index (χ2n) is 2.05. The number of hydroxylamine groups is 1. The number of nitrogens with two attached hydrogens (primary N) is 1. The van der Waals surface area contributed by atoms with E-state index in [4.69, 9.17) is 16.0 Å². The summed E-state index contributed by atoms with van der Waals surface area (Å²) in [6.07, 6.45) is -0.0990. The van der Waals surface area contributed by atoms with E-state index in [1.54, 1.807) is 0 Å². The van der Waals surface area contributed by atoms with Crippen LogP contribution in [0.15, 0.2) is 0 Å². The van der Waals surface area contributed by atoms with Crippen molar-refractivity contribution in [3.05, 3.63) is 0 Å². The molecular formula is C6H12N2O5S. The molecule has 0 radical (unpaired) electrons. The van der Waals surface area contributed by atoms with Crippen LogP contribution in [0.3, 0.4) is 0 Å². The molecule has 0 aliphatic carbocycles. The lowest BCUT2D eigenvalue weighted by Crippen LogP contribution is -2.21. The zero-order valence-electron chi connectivity index (χ0n) is 7.27. The van der Waals surface area contributed by atoms with Gasteiger partial charge in [0.2, 0.25) is 11.8 Å². The van der Waals surface area contributed by atoms with Crippen LogP contribution in [0.2, 0.25) is 0 Å². The van der Waals surface area contributed by atoms with Crippen LogP contribution in [0.25, 0.3) is 0 Å². The summed E-state index contributed by atoms with van der Waals surface area (Å²) in [6, 6.07) is 0. The maximum atomic E-state index is 10.1. The normalized spacial score (nSPS) is 8.14. The van der Waals surface area contributed by atoms with Crippen molar-refractivity contribution in [1.82, 2.24) is 5.48 Å². The van der Waals surface area contributed by atoms with Crippen LogP contribution >= 0.6 is 12.6 Å². The summed E-state index contributed by atoms with van der Waals surface area (Å²) < 4.78 is 0. The van der Waals surface area contributed by atoms with Crippen molar-refractivity contribution < 1.29 is 24.7 Å². The smallest absolute Gasteiger partial charge is 0.313 e. The van der Waals surface area contributed by atoms with Gasteiger partial charge < -0.3 is 10.8 Å². The maximum Gasteiger partial charge on any atom is 0.313 e. The monoisotopic (exact) mass is 224 g/mol. The standard InChI is InChI=1S/C4H8N2O3.C2H4O2S/c5-3(7)1-2-4(8)6-9;3-2(4)1-5/h9H,1-2H2,(H2,5,7)(H,6,8);5H,1H2,(H,3,4). The summed E-state index contributed by atoms with van der Waals surface area (Å²) in [4.78, 5) is 29.4. The summed E-state index contributed by atoms with van der Waals surface area (Å²) in [5.41, 5.74) is 6.07. The molecule has 0 rings (SSSR count). The van der Waals surface area contributed by atoms with Crippen LogP contribution < -0.4 is 11.2 Å². The molecule has 14 heavy (non-hydrogen) atoms. The van der Waals surface area contributed by atoms with Crippen molar-refractivity contribution in [2.24, 2.45) is 5.73 Å². The molecule has 0 bridgehead atoms. The van der Waals surface area contributed by atoms with Crippen LogP contribution in [-0.4, -0.2) is 33.9 Å². The highest BCUT2D eigenvalue weighted by molar-refractivity contribution is 7.81. The first-order chi connectivity index (χ1) is 6.43. The highest BCUT2D eigenvalue weighted by Gasteiger charge is 2.00. The number of hydrogen-bond acceptors (Lipinski definition) is 5. The first-order valence-corrected chi connectivity index (χ1v) is 4.11. The average molecular weight is 224 g/mol. The number of hydrogen-bond donors (Lipinski definition) is 5. The van der Waals surface area contributed by atoms with E-state index in [1.165, 1.54) is 5.48 Å². The number of amides is 2. The Bertz CT molecular complexity index is 208. The Morgan fingerprint density at radius 2 is 1.71 bits per heavy atom. The first kappa shape index (κ1) is 15.2. The van der Waals surface area contributed by atoms with E-state index in [-0.39, 0.29) is 18.6 Å². The van der Waals surface area contributed by atoms with Gasteiger partial charge in [0.1, 0.15) is 0 Å². The van der Waals surface area contributed by atoms with Gasteiger partial charge in [0, 0.05) is 12.8 Å². The van der Waals surface area contributed by atoms with Crippen molar-refractivity contribution in [1.29, 1.82) is 0 Å². The van der Waals surface area contributed by atoms with Gasteiger partial charge in [-0.3, -0.25) is 19.6 Å². The Hall–Kier alpha value is -1.28. The third-order valence-corrected chi connectivity index (χ3v) is 1.13. The summed E-state index contributed by atoms with van der Waals surface area (Å²) in [5, 5.41) is 15.5.